The van der Waals surface area contributed by atoms with Crippen LogP contribution in [-0.2, 0) is 9.53 Å². The lowest BCUT2D eigenvalue weighted by molar-refractivity contribution is -0.137. The molecule has 2 atom stereocenters. The fourth-order valence-electron chi connectivity index (χ4n) is 2.48. The van der Waals surface area contributed by atoms with Gasteiger partial charge in [-0.1, -0.05) is 0 Å². The Labute approximate surface area is 103 Å². The molecule has 5 nitrogen and oxygen atoms in total. The molecule has 17 heavy (non-hydrogen) atoms. The summed E-state index contributed by atoms with van der Waals surface area (Å²) in [6, 6.07) is 0.349. The zero-order chi connectivity index (χ0) is 12.1. The lowest BCUT2D eigenvalue weighted by Crippen LogP contribution is -2.54. The molecule has 0 aromatic heterocycles. The van der Waals surface area contributed by atoms with Crippen molar-refractivity contribution in [3.05, 3.63) is 0 Å². The van der Waals surface area contributed by atoms with Gasteiger partial charge in [-0.05, 0) is 26.3 Å². The van der Waals surface area contributed by atoms with E-state index in [0.29, 0.717) is 19.3 Å². The van der Waals surface area contributed by atoms with Crippen LogP contribution in [0.1, 0.15) is 19.8 Å². The van der Waals surface area contributed by atoms with Crippen molar-refractivity contribution < 1.29 is 9.53 Å². The third-order valence-electron chi connectivity index (χ3n) is 3.48. The van der Waals surface area contributed by atoms with Crippen LogP contribution in [0.2, 0.25) is 0 Å². The van der Waals surface area contributed by atoms with Crippen LogP contribution in [0.5, 0.6) is 0 Å². The Balaban J connectivity index is 1.77. The van der Waals surface area contributed by atoms with E-state index >= 15 is 0 Å². The second kappa shape index (κ2) is 6.33. The average Bonchev–Trinajstić information content (AvgIpc) is 2.40. The summed E-state index contributed by atoms with van der Waals surface area (Å²) in [5, 5.41) is 6.77. The summed E-state index contributed by atoms with van der Waals surface area (Å²) in [5.74, 6) is 0.207. The molecule has 2 aliphatic rings. The van der Waals surface area contributed by atoms with Gasteiger partial charge in [0.05, 0.1) is 19.3 Å². The molecule has 2 fully saturated rings. The van der Waals surface area contributed by atoms with Gasteiger partial charge in [0, 0.05) is 25.7 Å². The maximum absolute atomic E-state index is 12.2. The first-order valence-corrected chi connectivity index (χ1v) is 6.60. The van der Waals surface area contributed by atoms with Crippen molar-refractivity contribution in [3.8, 4) is 0 Å². The van der Waals surface area contributed by atoms with Gasteiger partial charge in [-0.15, -0.1) is 0 Å². The number of rotatable bonds is 3. The van der Waals surface area contributed by atoms with E-state index in [-0.39, 0.29) is 11.9 Å². The molecule has 0 spiro atoms. The number of morpholine rings is 1. The van der Waals surface area contributed by atoms with Crippen molar-refractivity contribution in [2.24, 2.45) is 0 Å². The van der Waals surface area contributed by atoms with E-state index in [4.69, 9.17) is 4.74 Å². The number of amides is 1. The van der Waals surface area contributed by atoms with Gasteiger partial charge < -0.3 is 20.3 Å². The van der Waals surface area contributed by atoms with Crippen molar-refractivity contribution in [2.75, 3.05) is 39.4 Å². The minimum Gasteiger partial charge on any atom is -0.378 e. The standard InChI is InChI=1S/C12H23N3O2/c1-10(14-11-3-2-4-13-9-11)12(16)15-5-7-17-8-6-15/h10-11,13-14H,2-9H2,1H3. The highest BCUT2D eigenvalue weighted by molar-refractivity contribution is 5.81. The highest BCUT2D eigenvalue weighted by Crippen LogP contribution is 2.05. The zero-order valence-electron chi connectivity index (χ0n) is 10.6. The summed E-state index contributed by atoms with van der Waals surface area (Å²) in [7, 11) is 0. The smallest absolute Gasteiger partial charge is 0.239 e. The summed E-state index contributed by atoms with van der Waals surface area (Å²) in [6.07, 6.45) is 2.35. The molecule has 1 amide bonds. The average molecular weight is 241 g/mol. The zero-order valence-corrected chi connectivity index (χ0v) is 10.6. The van der Waals surface area contributed by atoms with Gasteiger partial charge in [-0.2, -0.15) is 0 Å². The van der Waals surface area contributed by atoms with Gasteiger partial charge in [-0.25, -0.2) is 0 Å². The molecule has 2 saturated heterocycles. The first-order chi connectivity index (χ1) is 8.27. The first-order valence-electron chi connectivity index (χ1n) is 6.60. The van der Waals surface area contributed by atoms with Crippen molar-refractivity contribution >= 4 is 5.91 Å². The molecule has 0 bridgehead atoms. The van der Waals surface area contributed by atoms with Gasteiger partial charge in [0.2, 0.25) is 5.91 Å². The molecule has 5 heteroatoms. The number of hydrogen-bond acceptors (Lipinski definition) is 4. The van der Waals surface area contributed by atoms with Gasteiger partial charge in [0.15, 0.2) is 0 Å². The molecule has 0 aliphatic carbocycles. The van der Waals surface area contributed by atoms with Crippen molar-refractivity contribution in [1.29, 1.82) is 0 Å². The summed E-state index contributed by atoms with van der Waals surface area (Å²) < 4.78 is 5.26. The van der Waals surface area contributed by atoms with Crippen molar-refractivity contribution in [3.63, 3.8) is 0 Å². The van der Waals surface area contributed by atoms with Crippen LogP contribution in [0, 0.1) is 0 Å². The molecule has 98 valence electrons. The van der Waals surface area contributed by atoms with Crippen LogP contribution < -0.4 is 10.6 Å². The van der Waals surface area contributed by atoms with E-state index in [0.717, 1.165) is 32.6 Å². The van der Waals surface area contributed by atoms with Gasteiger partial charge in [0.25, 0.3) is 0 Å². The topological polar surface area (TPSA) is 53.6 Å². The van der Waals surface area contributed by atoms with Gasteiger partial charge >= 0.3 is 0 Å². The Morgan fingerprint density at radius 1 is 1.47 bits per heavy atom. The third kappa shape index (κ3) is 3.66. The van der Waals surface area contributed by atoms with Crippen LogP contribution in [0.25, 0.3) is 0 Å². The number of piperidine rings is 1. The van der Waals surface area contributed by atoms with Crippen LogP contribution in [0.3, 0.4) is 0 Å². The maximum Gasteiger partial charge on any atom is 0.239 e. The Morgan fingerprint density at radius 2 is 2.24 bits per heavy atom. The second-order valence-electron chi connectivity index (χ2n) is 4.87. The number of nitrogens with one attached hydrogen (secondary N) is 2. The second-order valence-corrected chi connectivity index (χ2v) is 4.87. The SMILES string of the molecule is CC(NC1CCCNC1)C(=O)N1CCOCC1. The minimum absolute atomic E-state index is 0.0852. The minimum atomic E-state index is -0.0852. The number of hydrogen-bond donors (Lipinski definition) is 2. The molecule has 2 N–H and O–H groups in total. The number of carbonyl (C=O) groups excluding carboxylic acids is 1. The molecule has 0 aromatic rings. The molecular formula is C12H23N3O2. The quantitative estimate of drug-likeness (QED) is 0.704. The summed E-state index contributed by atoms with van der Waals surface area (Å²) in [5.41, 5.74) is 0. The van der Waals surface area contributed by atoms with Crippen LogP contribution >= 0.6 is 0 Å². The van der Waals surface area contributed by atoms with Crippen LogP contribution in [-0.4, -0.2) is 62.3 Å². The molecular weight excluding hydrogens is 218 g/mol. The van der Waals surface area contributed by atoms with E-state index in [2.05, 4.69) is 10.6 Å². The lowest BCUT2D eigenvalue weighted by atomic mass is 10.1. The number of ether oxygens (including phenoxy) is 1. The third-order valence-corrected chi connectivity index (χ3v) is 3.48. The van der Waals surface area contributed by atoms with E-state index in [1.165, 1.54) is 6.42 Å². The number of carbonyl (C=O) groups is 1. The fourth-order valence-corrected chi connectivity index (χ4v) is 2.48. The number of nitrogens with zero attached hydrogens (tertiary/aromatic N) is 1. The van der Waals surface area contributed by atoms with Crippen LogP contribution in [0.4, 0.5) is 0 Å². The van der Waals surface area contributed by atoms with Crippen molar-refractivity contribution in [1.82, 2.24) is 15.5 Å². The molecule has 0 saturated carbocycles. The van der Waals surface area contributed by atoms with E-state index in [9.17, 15) is 4.79 Å². The Bertz CT molecular complexity index is 248. The molecule has 2 unspecified atom stereocenters. The Hall–Kier alpha value is -0.650. The van der Waals surface area contributed by atoms with Gasteiger partial charge in [0.1, 0.15) is 0 Å². The first kappa shape index (κ1) is 12.8. The van der Waals surface area contributed by atoms with E-state index in [1.807, 2.05) is 11.8 Å². The molecule has 2 rings (SSSR count). The highest BCUT2D eigenvalue weighted by Gasteiger charge is 2.24. The van der Waals surface area contributed by atoms with E-state index < -0.39 is 0 Å². The fraction of sp³-hybridized carbons (Fsp3) is 0.917. The highest BCUT2D eigenvalue weighted by atomic mass is 16.5. The van der Waals surface area contributed by atoms with E-state index in [1.54, 1.807) is 0 Å². The van der Waals surface area contributed by atoms with Gasteiger partial charge in [-0.3, -0.25) is 4.79 Å². The monoisotopic (exact) mass is 241 g/mol. The molecule has 2 heterocycles. The lowest BCUT2D eigenvalue weighted by Gasteiger charge is -2.32. The molecule has 0 radical (unpaired) electrons. The van der Waals surface area contributed by atoms with Crippen LogP contribution in [0.15, 0.2) is 0 Å². The Kier molecular flexibility index (Phi) is 4.76. The summed E-state index contributed by atoms with van der Waals surface area (Å²) >= 11 is 0. The molecule has 2 aliphatic heterocycles. The summed E-state index contributed by atoms with van der Waals surface area (Å²) in [4.78, 5) is 14.1. The van der Waals surface area contributed by atoms with Crippen molar-refractivity contribution in [2.45, 2.75) is 31.8 Å². The maximum atomic E-state index is 12.2. The summed E-state index contributed by atoms with van der Waals surface area (Å²) in [6.45, 7) is 6.84. The normalized spacial score (nSPS) is 27.8. The predicted molar refractivity (Wildman–Crippen MR) is 65.9 cm³/mol. The molecule has 0 aromatic carbocycles. The Morgan fingerprint density at radius 3 is 2.88 bits per heavy atom. The predicted octanol–water partition coefficient (Wildman–Crippen LogP) is -0.425. The largest absolute Gasteiger partial charge is 0.378 e.